The minimum absolute atomic E-state index is 0.0301. The number of amides is 1. The fraction of sp³-hybridized carbons (Fsp3) is 0.0435. The Hall–Kier alpha value is -4.17. The molecule has 0 aliphatic heterocycles. The van der Waals surface area contributed by atoms with Crippen LogP contribution in [0, 0.1) is 10.1 Å². The van der Waals surface area contributed by atoms with E-state index < -0.39 is 10.8 Å². The lowest BCUT2D eigenvalue weighted by Crippen LogP contribution is -2.20. The Balaban J connectivity index is 1.68. The highest BCUT2D eigenvalue weighted by molar-refractivity contribution is 6.32. The number of fused-ring (bicyclic) bond motifs is 1. The van der Waals surface area contributed by atoms with Gasteiger partial charge in [0.15, 0.2) is 0 Å². The molecule has 1 amide bonds. The maximum Gasteiger partial charge on any atom is 0.288 e. The SMILES string of the molecule is C/C(=N/NC(=O)c1cc(-c2ccncc2)nc2ccccc12)c1ccc(Cl)c([N+](=O)[O-])c1. The second-order valence-electron chi connectivity index (χ2n) is 6.87. The molecule has 8 nitrogen and oxygen atoms in total. The van der Waals surface area contributed by atoms with E-state index >= 15 is 0 Å². The van der Waals surface area contributed by atoms with E-state index in [0.717, 1.165) is 5.56 Å². The average Bonchev–Trinajstić information content (AvgIpc) is 2.82. The highest BCUT2D eigenvalue weighted by Crippen LogP contribution is 2.26. The molecular formula is C23H16ClN5O3. The molecule has 0 bridgehead atoms. The molecule has 0 spiro atoms. The molecule has 2 aromatic carbocycles. The number of benzene rings is 2. The number of nitrogens with one attached hydrogen (secondary N) is 1. The number of rotatable bonds is 5. The molecule has 0 unspecified atom stereocenters. The number of nitrogens with zero attached hydrogens (tertiary/aromatic N) is 4. The average molecular weight is 446 g/mol. The standard InChI is InChI=1S/C23H16ClN5O3/c1-14(16-6-7-19(24)22(12-16)29(31)32)27-28-23(30)18-13-21(15-8-10-25-11-9-15)26-20-5-3-2-4-17(18)20/h2-13H,1H3,(H,28,30)/b27-14-. The summed E-state index contributed by atoms with van der Waals surface area (Å²) in [4.78, 5) is 32.2. The summed E-state index contributed by atoms with van der Waals surface area (Å²) in [7, 11) is 0. The van der Waals surface area contributed by atoms with Crippen molar-refractivity contribution in [3.8, 4) is 11.3 Å². The molecule has 0 radical (unpaired) electrons. The van der Waals surface area contributed by atoms with Crippen molar-refractivity contribution in [1.82, 2.24) is 15.4 Å². The van der Waals surface area contributed by atoms with Gasteiger partial charge in [0, 0.05) is 35.0 Å². The van der Waals surface area contributed by atoms with Gasteiger partial charge in [-0.1, -0.05) is 35.9 Å². The van der Waals surface area contributed by atoms with Gasteiger partial charge in [0.2, 0.25) is 0 Å². The van der Waals surface area contributed by atoms with Crippen LogP contribution >= 0.6 is 11.6 Å². The predicted molar refractivity (Wildman–Crippen MR) is 123 cm³/mol. The Labute approximate surface area is 187 Å². The number of halogens is 1. The lowest BCUT2D eigenvalue weighted by molar-refractivity contribution is -0.384. The van der Waals surface area contributed by atoms with Crippen molar-refractivity contribution in [2.75, 3.05) is 0 Å². The van der Waals surface area contributed by atoms with E-state index in [9.17, 15) is 14.9 Å². The zero-order chi connectivity index (χ0) is 22.7. The van der Waals surface area contributed by atoms with Crippen molar-refractivity contribution in [3.63, 3.8) is 0 Å². The van der Waals surface area contributed by atoms with Crippen LogP contribution in [0.25, 0.3) is 22.2 Å². The lowest BCUT2D eigenvalue weighted by atomic mass is 10.0. The fourth-order valence-corrected chi connectivity index (χ4v) is 3.36. The zero-order valence-corrected chi connectivity index (χ0v) is 17.6. The number of nitro groups is 1. The third-order valence-corrected chi connectivity index (χ3v) is 5.14. The molecule has 0 aliphatic rings. The Kier molecular flexibility index (Phi) is 5.87. The van der Waals surface area contributed by atoms with Crippen LogP contribution in [-0.4, -0.2) is 26.5 Å². The third-order valence-electron chi connectivity index (χ3n) is 4.82. The van der Waals surface area contributed by atoms with E-state index in [1.54, 1.807) is 31.5 Å². The van der Waals surface area contributed by atoms with Gasteiger partial charge in [-0.15, -0.1) is 0 Å². The van der Waals surface area contributed by atoms with E-state index in [4.69, 9.17) is 11.6 Å². The first-order chi connectivity index (χ1) is 15.4. The molecule has 4 rings (SSSR count). The number of aromatic nitrogens is 2. The summed E-state index contributed by atoms with van der Waals surface area (Å²) in [5.74, 6) is -0.429. The molecule has 158 valence electrons. The first-order valence-corrected chi connectivity index (χ1v) is 9.91. The Morgan fingerprint density at radius 3 is 2.59 bits per heavy atom. The molecule has 0 saturated heterocycles. The summed E-state index contributed by atoms with van der Waals surface area (Å²) < 4.78 is 0. The molecule has 9 heteroatoms. The van der Waals surface area contributed by atoms with Gasteiger partial charge in [0.1, 0.15) is 5.02 Å². The van der Waals surface area contributed by atoms with Crippen LogP contribution in [0.3, 0.4) is 0 Å². The zero-order valence-electron chi connectivity index (χ0n) is 16.8. The van der Waals surface area contributed by atoms with Gasteiger partial charge in [-0.05, 0) is 37.3 Å². The number of hydrogen-bond donors (Lipinski definition) is 1. The summed E-state index contributed by atoms with van der Waals surface area (Å²) in [5.41, 5.74) is 5.70. The van der Waals surface area contributed by atoms with Crippen LogP contribution in [0.5, 0.6) is 0 Å². The van der Waals surface area contributed by atoms with Gasteiger partial charge in [0.25, 0.3) is 11.6 Å². The predicted octanol–water partition coefficient (Wildman–Crippen LogP) is 5.01. The molecule has 0 saturated carbocycles. The second-order valence-corrected chi connectivity index (χ2v) is 7.28. The van der Waals surface area contributed by atoms with E-state index in [0.29, 0.717) is 33.4 Å². The maximum absolute atomic E-state index is 13.0. The van der Waals surface area contributed by atoms with Crippen LogP contribution in [0.15, 0.2) is 78.2 Å². The highest BCUT2D eigenvalue weighted by Gasteiger charge is 2.16. The first kappa shape index (κ1) is 21.1. The molecule has 1 N–H and O–H groups in total. The molecule has 0 fully saturated rings. The third kappa shape index (κ3) is 4.30. The van der Waals surface area contributed by atoms with Gasteiger partial charge >= 0.3 is 0 Å². The topological polar surface area (TPSA) is 110 Å². The number of hydrogen-bond acceptors (Lipinski definition) is 6. The maximum atomic E-state index is 13.0. The second kappa shape index (κ2) is 8.91. The first-order valence-electron chi connectivity index (χ1n) is 9.53. The largest absolute Gasteiger partial charge is 0.288 e. The van der Waals surface area contributed by atoms with Gasteiger partial charge < -0.3 is 0 Å². The van der Waals surface area contributed by atoms with E-state index in [2.05, 4.69) is 20.5 Å². The Bertz CT molecular complexity index is 1370. The number of nitro benzene ring substituents is 1. The number of carbonyl (C=O) groups excluding carboxylic acids is 1. The molecule has 4 aromatic rings. The molecule has 0 atom stereocenters. The van der Waals surface area contributed by atoms with Gasteiger partial charge in [-0.2, -0.15) is 5.10 Å². The van der Waals surface area contributed by atoms with Crippen molar-refractivity contribution >= 4 is 39.8 Å². The number of para-hydroxylation sites is 1. The molecule has 32 heavy (non-hydrogen) atoms. The van der Waals surface area contributed by atoms with Gasteiger partial charge in [0.05, 0.1) is 27.4 Å². The minimum atomic E-state index is -0.568. The van der Waals surface area contributed by atoms with E-state index in [-0.39, 0.29) is 10.7 Å². The van der Waals surface area contributed by atoms with E-state index in [1.807, 2.05) is 36.4 Å². The highest BCUT2D eigenvalue weighted by atomic mass is 35.5. The Morgan fingerprint density at radius 2 is 1.84 bits per heavy atom. The van der Waals surface area contributed by atoms with Crippen LogP contribution in [-0.2, 0) is 0 Å². The Morgan fingerprint density at radius 1 is 1.09 bits per heavy atom. The number of hydrazone groups is 1. The van der Waals surface area contributed by atoms with Crippen molar-refractivity contribution in [2.24, 2.45) is 5.10 Å². The van der Waals surface area contributed by atoms with Crippen LogP contribution < -0.4 is 5.43 Å². The smallest absolute Gasteiger partial charge is 0.267 e. The summed E-state index contributed by atoms with van der Waals surface area (Å²) >= 11 is 5.86. The summed E-state index contributed by atoms with van der Waals surface area (Å²) in [6.45, 7) is 1.64. The molecule has 0 aliphatic carbocycles. The molecule has 2 heterocycles. The van der Waals surface area contributed by atoms with Crippen molar-refractivity contribution in [3.05, 3.63) is 99.3 Å². The van der Waals surface area contributed by atoms with Crippen LogP contribution in [0.2, 0.25) is 5.02 Å². The lowest BCUT2D eigenvalue weighted by Gasteiger charge is -2.09. The van der Waals surface area contributed by atoms with Crippen LogP contribution in [0.1, 0.15) is 22.8 Å². The monoisotopic (exact) mass is 445 g/mol. The quantitative estimate of drug-likeness (QED) is 0.263. The minimum Gasteiger partial charge on any atom is -0.267 e. The van der Waals surface area contributed by atoms with Crippen molar-refractivity contribution < 1.29 is 9.72 Å². The summed E-state index contributed by atoms with van der Waals surface area (Å²) in [6, 6.07) is 17.0. The van der Waals surface area contributed by atoms with Gasteiger partial charge in [-0.25, -0.2) is 10.4 Å². The normalized spacial score (nSPS) is 11.4. The molecular weight excluding hydrogens is 430 g/mol. The fourth-order valence-electron chi connectivity index (χ4n) is 3.17. The molecule has 2 aromatic heterocycles. The van der Waals surface area contributed by atoms with Gasteiger partial charge in [-0.3, -0.25) is 19.9 Å². The van der Waals surface area contributed by atoms with Crippen molar-refractivity contribution in [2.45, 2.75) is 6.92 Å². The number of carbonyl (C=O) groups is 1. The summed E-state index contributed by atoms with van der Waals surface area (Å²) in [6.07, 6.45) is 3.32. The summed E-state index contributed by atoms with van der Waals surface area (Å²) in [5, 5.41) is 16.0. The number of pyridine rings is 2. The van der Waals surface area contributed by atoms with E-state index in [1.165, 1.54) is 12.1 Å². The van der Waals surface area contributed by atoms with Crippen LogP contribution in [0.4, 0.5) is 5.69 Å². The van der Waals surface area contributed by atoms with Crippen molar-refractivity contribution in [1.29, 1.82) is 0 Å².